The van der Waals surface area contributed by atoms with Gasteiger partial charge in [-0.1, -0.05) is 0 Å². The molecule has 0 spiro atoms. The van der Waals surface area contributed by atoms with E-state index in [0.717, 1.165) is 30.4 Å². The number of nitrogens with one attached hydrogen (secondary N) is 1. The SMILES string of the molecule is NCc1c[nH]c(=O)c2c1CCC2. The molecule has 1 aromatic rings. The topological polar surface area (TPSA) is 58.9 Å². The quantitative estimate of drug-likeness (QED) is 0.628. The lowest BCUT2D eigenvalue weighted by molar-refractivity contribution is 0.901. The van der Waals surface area contributed by atoms with Crippen molar-refractivity contribution in [3.8, 4) is 0 Å². The van der Waals surface area contributed by atoms with E-state index >= 15 is 0 Å². The minimum Gasteiger partial charge on any atom is -0.329 e. The molecule has 0 saturated carbocycles. The third kappa shape index (κ3) is 0.975. The summed E-state index contributed by atoms with van der Waals surface area (Å²) in [5, 5.41) is 0. The van der Waals surface area contributed by atoms with Crippen molar-refractivity contribution in [3.63, 3.8) is 0 Å². The lowest BCUT2D eigenvalue weighted by atomic mass is 10.1. The Morgan fingerprint density at radius 2 is 2.17 bits per heavy atom. The molecule has 1 aliphatic carbocycles. The van der Waals surface area contributed by atoms with Crippen LogP contribution in [0.4, 0.5) is 0 Å². The van der Waals surface area contributed by atoms with Crippen LogP contribution in [0, 0.1) is 0 Å². The monoisotopic (exact) mass is 164 g/mol. The third-order valence-corrected chi connectivity index (χ3v) is 2.48. The molecule has 0 radical (unpaired) electrons. The van der Waals surface area contributed by atoms with Gasteiger partial charge in [-0.25, -0.2) is 0 Å². The first-order valence-corrected chi connectivity index (χ1v) is 4.25. The van der Waals surface area contributed by atoms with E-state index in [2.05, 4.69) is 4.98 Å². The Morgan fingerprint density at radius 3 is 2.92 bits per heavy atom. The highest BCUT2D eigenvalue weighted by molar-refractivity contribution is 5.35. The molecule has 3 nitrogen and oxygen atoms in total. The number of fused-ring (bicyclic) bond motifs is 1. The molecule has 3 N–H and O–H groups in total. The van der Waals surface area contributed by atoms with Crippen LogP contribution in [0.3, 0.4) is 0 Å². The number of hydrogen-bond donors (Lipinski definition) is 2. The Kier molecular flexibility index (Phi) is 1.73. The van der Waals surface area contributed by atoms with E-state index in [-0.39, 0.29) is 5.56 Å². The molecule has 3 heteroatoms. The van der Waals surface area contributed by atoms with E-state index in [1.807, 2.05) is 0 Å². The van der Waals surface area contributed by atoms with Crippen LogP contribution >= 0.6 is 0 Å². The van der Waals surface area contributed by atoms with Gasteiger partial charge in [-0.05, 0) is 30.4 Å². The van der Waals surface area contributed by atoms with Crippen molar-refractivity contribution >= 4 is 0 Å². The van der Waals surface area contributed by atoms with Gasteiger partial charge in [0.05, 0.1) is 0 Å². The summed E-state index contributed by atoms with van der Waals surface area (Å²) in [5.74, 6) is 0. The van der Waals surface area contributed by atoms with Crippen LogP contribution in [0.1, 0.15) is 23.1 Å². The number of rotatable bonds is 1. The van der Waals surface area contributed by atoms with E-state index in [0.29, 0.717) is 6.54 Å². The van der Waals surface area contributed by atoms with E-state index in [9.17, 15) is 4.79 Å². The summed E-state index contributed by atoms with van der Waals surface area (Å²) in [6.45, 7) is 0.527. The zero-order valence-corrected chi connectivity index (χ0v) is 6.89. The summed E-state index contributed by atoms with van der Waals surface area (Å²) in [6.07, 6.45) is 4.77. The average molecular weight is 164 g/mol. The molecule has 0 bridgehead atoms. The number of hydrogen-bond acceptors (Lipinski definition) is 2. The highest BCUT2D eigenvalue weighted by Gasteiger charge is 2.16. The first-order valence-electron chi connectivity index (χ1n) is 4.25. The first kappa shape index (κ1) is 7.55. The molecule has 0 fully saturated rings. The molecule has 0 saturated heterocycles. The number of aromatic amines is 1. The Hall–Kier alpha value is -1.09. The van der Waals surface area contributed by atoms with Gasteiger partial charge < -0.3 is 10.7 Å². The minimum atomic E-state index is 0.0692. The Labute approximate surface area is 70.6 Å². The van der Waals surface area contributed by atoms with E-state index < -0.39 is 0 Å². The number of H-pyrrole nitrogens is 1. The van der Waals surface area contributed by atoms with Crippen molar-refractivity contribution in [2.45, 2.75) is 25.8 Å². The average Bonchev–Trinajstić information content (AvgIpc) is 2.54. The van der Waals surface area contributed by atoms with Gasteiger partial charge in [-0.3, -0.25) is 4.79 Å². The maximum absolute atomic E-state index is 11.3. The predicted molar refractivity (Wildman–Crippen MR) is 47.0 cm³/mol. The van der Waals surface area contributed by atoms with Gasteiger partial charge in [-0.2, -0.15) is 0 Å². The van der Waals surface area contributed by atoms with Gasteiger partial charge in [0.25, 0.3) is 5.56 Å². The smallest absolute Gasteiger partial charge is 0.251 e. The lowest BCUT2D eigenvalue weighted by Crippen LogP contribution is -2.14. The fourth-order valence-corrected chi connectivity index (χ4v) is 1.86. The highest BCUT2D eigenvalue weighted by Crippen LogP contribution is 2.20. The first-order chi connectivity index (χ1) is 5.83. The van der Waals surface area contributed by atoms with Crippen LogP contribution < -0.4 is 11.3 Å². The third-order valence-electron chi connectivity index (χ3n) is 2.48. The maximum atomic E-state index is 11.3. The number of pyridine rings is 1. The van der Waals surface area contributed by atoms with Gasteiger partial charge in [0, 0.05) is 18.3 Å². The van der Waals surface area contributed by atoms with Crippen LogP contribution in [0.2, 0.25) is 0 Å². The van der Waals surface area contributed by atoms with Crippen LogP contribution in [0.15, 0.2) is 11.0 Å². The Bertz CT molecular complexity index is 354. The van der Waals surface area contributed by atoms with Crippen LogP contribution in [-0.4, -0.2) is 4.98 Å². The Morgan fingerprint density at radius 1 is 1.42 bits per heavy atom. The van der Waals surface area contributed by atoms with Crippen LogP contribution in [0.5, 0.6) is 0 Å². The molecule has 0 unspecified atom stereocenters. The molecule has 0 aromatic carbocycles. The normalized spacial score (nSPS) is 14.8. The molecule has 2 rings (SSSR count). The number of nitrogens with two attached hydrogens (primary N) is 1. The second-order valence-electron chi connectivity index (χ2n) is 3.16. The van der Waals surface area contributed by atoms with Gasteiger partial charge >= 0.3 is 0 Å². The van der Waals surface area contributed by atoms with Crippen LogP contribution in [-0.2, 0) is 19.4 Å². The summed E-state index contributed by atoms with van der Waals surface area (Å²) in [7, 11) is 0. The van der Waals surface area contributed by atoms with Crippen molar-refractivity contribution in [1.29, 1.82) is 0 Å². The van der Waals surface area contributed by atoms with Gasteiger partial charge in [0.15, 0.2) is 0 Å². The summed E-state index contributed by atoms with van der Waals surface area (Å²) in [5.41, 5.74) is 8.87. The fourth-order valence-electron chi connectivity index (χ4n) is 1.86. The summed E-state index contributed by atoms with van der Waals surface area (Å²) in [4.78, 5) is 14.0. The molecule has 0 atom stereocenters. The molecular weight excluding hydrogens is 152 g/mol. The lowest BCUT2D eigenvalue weighted by Gasteiger charge is -2.03. The second-order valence-corrected chi connectivity index (χ2v) is 3.16. The molecule has 1 aromatic heterocycles. The summed E-state index contributed by atoms with van der Waals surface area (Å²) >= 11 is 0. The van der Waals surface area contributed by atoms with Crippen molar-refractivity contribution in [1.82, 2.24) is 4.98 Å². The van der Waals surface area contributed by atoms with Crippen molar-refractivity contribution < 1.29 is 0 Å². The number of aromatic nitrogens is 1. The standard InChI is InChI=1S/C9H12N2O/c10-4-6-5-11-9(12)8-3-1-2-7(6)8/h5H,1-4,10H2,(H,11,12). The van der Waals surface area contributed by atoms with Crippen molar-refractivity contribution in [2.75, 3.05) is 0 Å². The highest BCUT2D eigenvalue weighted by atomic mass is 16.1. The summed E-state index contributed by atoms with van der Waals surface area (Å²) in [6, 6.07) is 0. The van der Waals surface area contributed by atoms with E-state index in [1.165, 1.54) is 5.56 Å². The fraction of sp³-hybridized carbons (Fsp3) is 0.444. The van der Waals surface area contributed by atoms with E-state index in [4.69, 9.17) is 5.73 Å². The van der Waals surface area contributed by atoms with Crippen LogP contribution in [0.25, 0.3) is 0 Å². The summed E-state index contributed by atoms with van der Waals surface area (Å²) < 4.78 is 0. The van der Waals surface area contributed by atoms with Crippen molar-refractivity contribution in [2.24, 2.45) is 5.73 Å². The van der Waals surface area contributed by atoms with Gasteiger partial charge in [0.2, 0.25) is 0 Å². The molecule has 1 heterocycles. The zero-order chi connectivity index (χ0) is 8.55. The van der Waals surface area contributed by atoms with Crippen molar-refractivity contribution in [3.05, 3.63) is 33.2 Å². The molecule has 1 aliphatic rings. The van der Waals surface area contributed by atoms with Gasteiger partial charge in [0.1, 0.15) is 0 Å². The second kappa shape index (κ2) is 2.75. The van der Waals surface area contributed by atoms with Gasteiger partial charge in [-0.15, -0.1) is 0 Å². The molecule has 0 aliphatic heterocycles. The zero-order valence-electron chi connectivity index (χ0n) is 6.89. The maximum Gasteiger partial charge on any atom is 0.251 e. The molecule has 0 amide bonds. The minimum absolute atomic E-state index is 0.0692. The largest absolute Gasteiger partial charge is 0.329 e. The molecular formula is C9H12N2O. The molecule has 12 heavy (non-hydrogen) atoms. The van der Waals surface area contributed by atoms with E-state index in [1.54, 1.807) is 6.20 Å². The predicted octanol–water partition coefficient (Wildman–Crippen LogP) is 0.322. The molecule has 64 valence electrons. The Balaban J connectivity index is 2.64.